The highest BCUT2D eigenvalue weighted by molar-refractivity contribution is 7.89. The molecule has 9 heteroatoms. The molecule has 170 valence electrons. The Labute approximate surface area is 188 Å². The summed E-state index contributed by atoms with van der Waals surface area (Å²) in [4.78, 5) is 27.9. The van der Waals surface area contributed by atoms with Crippen LogP contribution in [0.3, 0.4) is 0 Å². The fraction of sp³-hybridized carbons (Fsp3) is 0.391. The van der Waals surface area contributed by atoms with Gasteiger partial charge in [0, 0.05) is 31.7 Å². The van der Waals surface area contributed by atoms with Crippen LogP contribution in [0.25, 0.3) is 0 Å². The van der Waals surface area contributed by atoms with E-state index in [9.17, 15) is 18.0 Å². The summed E-state index contributed by atoms with van der Waals surface area (Å²) in [5.74, 6) is -0.630. The molecule has 0 spiro atoms. The number of nitrogens with zero attached hydrogens (tertiary/aromatic N) is 2. The van der Waals surface area contributed by atoms with Crippen molar-refractivity contribution in [2.45, 2.75) is 24.7 Å². The molecule has 2 aliphatic heterocycles. The Kier molecular flexibility index (Phi) is 6.59. The third kappa shape index (κ3) is 4.55. The van der Waals surface area contributed by atoms with E-state index in [2.05, 4.69) is 5.32 Å². The van der Waals surface area contributed by atoms with E-state index in [0.29, 0.717) is 56.2 Å². The highest BCUT2D eigenvalue weighted by Gasteiger charge is 2.28. The van der Waals surface area contributed by atoms with Crippen LogP contribution in [0.5, 0.6) is 0 Å². The zero-order valence-electron chi connectivity index (χ0n) is 18.0. The maximum absolute atomic E-state index is 13.1. The molecule has 32 heavy (non-hydrogen) atoms. The largest absolute Gasteiger partial charge is 0.378 e. The number of anilines is 1. The predicted molar refractivity (Wildman–Crippen MR) is 120 cm³/mol. The average molecular weight is 458 g/mol. The van der Waals surface area contributed by atoms with Gasteiger partial charge in [-0.05, 0) is 49.6 Å². The number of benzene rings is 2. The summed E-state index contributed by atoms with van der Waals surface area (Å²) in [5.41, 5.74) is 1.70. The van der Waals surface area contributed by atoms with Crippen LogP contribution in [0.15, 0.2) is 47.4 Å². The Morgan fingerprint density at radius 3 is 2.34 bits per heavy atom. The molecular weight excluding hydrogens is 430 g/mol. The third-order valence-corrected chi connectivity index (χ3v) is 7.76. The highest BCUT2D eigenvalue weighted by atomic mass is 32.2. The van der Waals surface area contributed by atoms with Gasteiger partial charge in [0.15, 0.2) is 0 Å². The van der Waals surface area contributed by atoms with Gasteiger partial charge in [0.05, 0.1) is 29.4 Å². The number of sulfonamides is 1. The lowest BCUT2D eigenvalue weighted by Gasteiger charge is -2.27. The topological polar surface area (TPSA) is 96.0 Å². The minimum absolute atomic E-state index is 0.104. The number of rotatable bonds is 5. The van der Waals surface area contributed by atoms with Crippen molar-refractivity contribution in [3.05, 3.63) is 59.2 Å². The van der Waals surface area contributed by atoms with E-state index in [4.69, 9.17) is 4.74 Å². The summed E-state index contributed by atoms with van der Waals surface area (Å²) < 4.78 is 32.6. The van der Waals surface area contributed by atoms with Gasteiger partial charge in [-0.2, -0.15) is 4.31 Å². The monoisotopic (exact) mass is 457 g/mol. The molecule has 2 saturated heterocycles. The maximum atomic E-state index is 13.1. The highest BCUT2D eigenvalue weighted by Crippen LogP contribution is 2.25. The van der Waals surface area contributed by atoms with Crippen molar-refractivity contribution >= 4 is 27.5 Å². The van der Waals surface area contributed by atoms with Crippen molar-refractivity contribution in [1.82, 2.24) is 9.21 Å². The van der Waals surface area contributed by atoms with Crippen molar-refractivity contribution in [2.75, 3.05) is 44.7 Å². The Balaban J connectivity index is 1.59. The van der Waals surface area contributed by atoms with Crippen molar-refractivity contribution < 1.29 is 22.7 Å². The van der Waals surface area contributed by atoms with Crippen molar-refractivity contribution in [1.29, 1.82) is 0 Å². The first-order valence-electron chi connectivity index (χ1n) is 10.8. The van der Waals surface area contributed by atoms with Gasteiger partial charge in [0.25, 0.3) is 11.8 Å². The van der Waals surface area contributed by atoms with Gasteiger partial charge in [-0.1, -0.05) is 18.2 Å². The molecule has 0 unspecified atom stereocenters. The van der Waals surface area contributed by atoms with E-state index in [1.807, 2.05) is 0 Å². The molecule has 2 heterocycles. The van der Waals surface area contributed by atoms with Crippen LogP contribution in [-0.2, 0) is 14.8 Å². The second-order valence-electron chi connectivity index (χ2n) is 7.99. The van der Waals surface area contributed by atoms with Gasteiger partial charge in [-0.3, -0.25) is 9.59 Å². The van der Waals surface area contributed by atoms with Crippen LogP contribution >= 0.6 is 0 Å². The van der Waals surface area contributed by atoms with E-state index < -0.39 is 15.9 Å². The van der Waals surface area contributed by atoms with E-state index in [-0.39, 0.29) is 16.4 Å². The standard InChI is InChI=1S/C23H27N3O5S/c1-17-8-9-18(32(29,30)26-10-4-5-11-26)16-20(17)22(27)24-21-7-3-2-6-19(21)23(28)25-12-14-31-15-13-25/h2-3,6-9,16H,4-5,10-15H2,1H3,(H,24,27). The Hall–Kier alpha value is -2.75. The summed E-state index contributed by atoms with van der Waals surface area (Å²) in [6.45, 7) is 4.71. The lowest BCUT2D eigenvalue weighted by molar-refractivity contribution is 0.0303. The van der Waals surface area contributed by atoms with Gasteiger partial charge in [0.1, 0.15) is 0 Å². The first-order valence-corrected chi connectivity index (χ1v) is 12.2. The molecule has 2 aliphatic rings. The van der Waals surface area contributed by atoms with Crippen LogP contribution in [0, 0.1) is 6.92 Å². The molecule has 2 aromatic rings. The number of para-hydroxylation sites is 1. The molecule has 8 nitrogen and oxygen atoms in total. The molecule has 2 aromatic carbocycles. The first kappa shape index (κ1) is 22.4. The molecule has 2 fully saturated rings. The number of amides is 2. The predicted octanol–water partition coefficient (Wildman–Crippen LogP) is 2.50. The minimum Gasteiger partial charge on any atom is -0.378 e. The SMILES string of the molecule is Cc1ccc(S(=O)(=O)N2CCCC2)cc1C(=O)Nc1ccccc1C(=O)N1CCOCC1. The quantitative estimate of drug-likeness (QED) is 0.744. The van der Waals surface area contributed by atoms with E-state index >= 15 is 0 Å². The Morgan fingerprint density at radius 2 is 1.62 bits per heavy atom. The van der Waals surface area contributed by atoms with Crippen LogP contribution in [0.4, 0.5) is 5.69 Å². The lowest BCUT2D eigenvalue weighted by atomic mass is 10.1. The fourth-order valence-corrected chi connectivity index (χ4v) is 5.53. The number of morpholine rings is 1. The van der Waals surface area contributed by atoms with Crippen LogP contribution in [-0.4, -0.2) is 68.8 Å². The Morgan fingerprint density at radius 1 is 0.938 bits per heavy atom. The lowest BCUT2D eigenvalue weighted by Crippen LogP contribution is -2.41. The number of hydrogen-bond acceptors (Lipinski definition) is 5. The molecule has 1 N–H and O–H groups in total. The van der Waals surface area contributed by atoms with Crippen LogP contribution < -0.4 is 5.32 Å². The number of nitrogens with one attached hydrogen (secondary N) is 1. The normalized spacial score (nSPS) is 17.3. The molecule has 0 aliphatic carbocycles. The first-order chi connectivity index (χ1) is 15.4. The van der Waals surface area contributed by atoms with Crippen molar-refractivity contribution in [3.8, 4) is 0 Å². The third-order valence-electron chi connectivity index (χ3n) is 5.86. The van der Waals surface area contributed by atoms with Gasteiger partial charge in [-0.15, -0.1) is 0 Å². The van der Waals surface area contributed by atoms with E-state index in [0.717, 1.165) is 12.8 Å². The average Bonchev–Trinajstić information content (AvgIpc) is 3.36. The number of ether oxygens (including phenoxy) is 1. The number of hydrogen-bond donors (Lipinski definition) is 1. The molecule has 0 bridgehead atoms. The molecule has 4 rings (SSSR count). The summed E-state index contributed by atoms with van der Waals surface area (Å²) in [5, 5.41) is 2.81. The summed E-state index contributed by atoms with van der Waals surface area (Å²) in [6, 6.07) is 11.4. The summed E-state index contributed by atoms with van der Waals surface area (Å²) >= 11 is 0. The van der Waals surface area contributed by atoms with Crippen molar-refractivity contribution in [2.24, 2.45) is 0 Å². The van der Waals surface area contributed by atoms with E-state index in [1.54, 1.807) is 42.2 Å². The summed E-state index contributed by atoms with van der Waals surface area (Å²) in [7, 11) is -3.64. The second-order valence-corrected chi connectivity index (χ2v) is 9.93. The zero-order valence-corrected chi connectivity index (χ0v) is 18.9. The molecule has 0 radical (unpaired) electrons. The van der Waals surface area contributed by atoms with E-state index in [1.165, 1.54) is 16.4 Å². The van der Waals surface area contributed by atoms with Gasteiger partial charge < -0.3 is 15.0 Å². The van der Waals surface area contributed by atoms with Crippen LogP contribution in [0.1, 0.15) is 39.1 Å². The number of carbonyl (C=O) groups excluding carboxylic acids is 2. The maximum Gasteiger partial charge on any atom is 0.256 e. The Bertz CT molecular complexity index is 1120. The summed E-state index contributed by atoms with van der Waals surface area (Å²) in [6.07, 6.45) is 1.68. The molecule has 2 amide bonds. The molecule has 0 saturated carbocycles. The van der Waals surface area contributed by atoms with Crippen molar-refractivity contribution in [3.63, 3.8) is 0 Å². The smallest absolute Gasteiger partial charge is 0.256 e. The molecule has 0 aromatic heterocycles. The van der Waals surface area contributed by atoms with Gasteiger partial charge in [0.2, 0.25) is 10.0 Å². The van der Waals surface area contributed by atoms with Crippen LogP contribution in [0.2, 0.25) is 0 Å². The number of aryl methyl sites for hydroxylation is 1. The molecule has 0 atom stereocenters. The number of carbonyl (C=O) groups is 2. The fourth-order valence-electron chi connectivity index (χ4n) is 3.99. The zero-order chi connectivity index (χ0) is 22.7. The molecular formula is C23H27N3O5S. The second kappa shape index (κ2) is 9.40. The van der Waals surface area contributed by atoms with Gasteiger partial charge in [-0.25, -0.2) is 8.42 Å². The van der Waals surface area contributed by atoms with Gasteiger partial charge >= 0.3 is 0 Å². The minimum atomic E-state index is -3.64.